The lowest BCUT2D eigenvalue weighted by Gasteiger charge is -1.99. The van der Waals surface area contributed by atoms with Crippen molar-refractivity contribution in [2.45, 2.75) is 11.8 Å². The monoisotopic (exact) mass is 363 g/mol. The summed E-state index contributed by atoms with van der Waals surface area (Å²) in [5, 5.41) is 10.9. The van der Waals surface area contributed by atoms with Gasteiger partial charge in [0.2, 0.25) is 4.80 Å². The van der Waals surface area contributed by atoms with E-state index >= 15 is 0 Å². The first-order chi connectivity index (χ1) is 11.3. The summed E-state index contributed by atoms with van der Waals surface area (Å²) in [4.78, 5) is 10.7. The van der Waals surface area contributed by atoms with Gasteiger partial charge in [0.05, 0.1) is 20.0 Å². The molecule has 3 aromatic rings. The minimum absolute atomic E-state index is 0.0442. The van der Waals surface area contributed by atoms with E-state index in [1.54, 1.807) is 29.8 Å². The van der Waals surface area contributed by atoms with Crippen molar-refractivity contribution in [3.05, 3.63) is 62.9 Å². The molecule has 0 radical (unpaired) electrons. The summed E-state index contributed by atoms with van der Waals surface area (Å²) in [6, 6.07) is 10.8. The third-order valence-corrected chi connectivity index (χ3v) is 6.01. The van der Waals surface area contributed by atoms with Crippen LogP contribution in [0.3, 0.4) is 0 Å². The standard InChI is InChI=1S/C15H13N3O4S2/c1-10-3-6-12(7-4-10)24(21,22)16-15-17(2)13-8-5-11(18(19)20)9-14(13)23-15/h3-9H,1-2H3/b16-15-. The van der Waals surface area contributed by atoms with Crippen molar-refractivity contribution in [2.24, 2.45) is 11.4 Å². The summed E-state index contributed by atoms with van der Waals surface area (Å²) in [7, 11) is -2.17. The molecule has 0 saturated heterocycles. The first kappa shape index (κ1) is 16.3. The third kappa shape index (κ3) is 2.95. The molecule has 1 heterocycles. The Morgan fingerprint density at radius 2 is 1.83 bits per heavy atom. The molecular weight excluding hydrogens is 350 g/mol. The lowest BCUT2D eigenvalue weighted by molar-refractivity contribution is -0.384. The molecule has 0 bridgehead atoms. The number of aryl methyl sites for hydroxylation is 2. The number of nitro groups is 1. The number of hydrogen-bond donors (Lipinski definition) is 0. The molecule has 0 atom stereocenters. The van der Waals surface area contributed by atoms with Crippen LogP contribution in [0, 0.1) is 17.0 Å². The normalized spacial score (nSPS) is 12.7. The number of thiazole rings is 1. The van der Waals surface area contributed by atoms with Crippen molar-refractivity contribution >= 4 is 37.3 Å². The van der Waals surface area contributed by atoms with Gasteiger partial charge in [-0.15, -0.1) is 4.40 Å². The van der Waals surface area contributed by atoms with Crippen LogP contribution in [-0.4, -0.2) is 17.9 Å². The summed E-state index contributed by atoms with van der Waals surface area (Å²) >= 11 is 1.09. The van der Waals surface area contributed by atoms with Crippen molar-refractivity contribution in [3.8, 4) is 0 Å². The van der Waals surface area contributed by atoms with Crippen LogP contribution in [0.25, 0.3) is 10.2 Å². The quantitative estimate of drug-likeness (QED) is 0.528. The number of hydrogen-bond acceptors (Lipinski definition) is 5. The fourth-order valence-corrected chi connectivity index (χ4v) is 4.47. The van der Waals surface area contributed by atoms with E-state index in [1.807, 2.05) is 6.92 Å². The van der Waals surface area contributed by atoms with Gasteiger partial charge in [0, 0.05) is 19.2 Å². The van der Waals surface area contributed by atoms with E-state index in [9.17, 15) is 18.5 Å². The SMILES string of the molecule is Cc1ccc(S(=O)(=O)/N=c2\sc3cc([N+](=O)[O-])ccc3n2C)cc1. The van der Waals surface area contributed by atoms with Crippen LogP contribution in [0.5, 0.6) is 0 Å². The van der Waals surface area contributed by atoms with E-state index in [1.165, 1.54) is 24.3 Å². The van der Waals surface area contributed by atoms with Gasteiger partial charge in [0.15, 0.2) is 0 Å². The molecule has 0 amide bonds. The van der Waals surface area contributed by atoms with Gasteiger partial charge in [-0.3, -0.25) is 10.1 Å². The van der Waals surface area contributed by atoms with Crippen LogP contribution in [0.1, 0.15) is 5.56 Å². The minimum Gasteiger partial charge on any atom is -0.319 e. The Morgan fingerprint density at radius 1 is 1.17 bits per heavy atom. The molecule has 1 aromatic heterocycles. The smallest absolute Gasteiger partial charge is 0.285 e. The number of rotatable bonds is 3. The van der Waals surface area contributed by atoms with Crippen LogP contribution in [0.15, 0.2) is 51.8 Å². The predicted octanol–water partition coefficient (Wildman–Crippen LogP) is 2.75. The van der Waals surface area contributed by atoms with Crippen molar-refractivity contribution in [3.63, 3.8) is 0 Å². The van der Waals surface area contributed by atoms with Crippen LogP contribution in [0.2, 0.25) is 0 Å². The first-order valence-corrected chi connectivity index (χ1v) is 9.15. The molecule has 0 fully saturated rings. The zero-order valence-corrected chi connectivity index (χ0v) is 14.5. The van der Waals surface area contributed by atoms with Crippen molar-refractivity contribution < 1.29 is 13.3 Å². The number of fused-ring (bicyclic) bond motifs is 1. The minimum atomic E-state index is -3.85. The lowest BCUT2D eigenvalue weighted by atomic mass is 10.2. The van der Waals surface area contributed by atoms with Crippen molar-refractivity contribution in [1.29, 1.82) is 0 Å². The lowest BCUT2D eigenvalue weighted by Crippen LogP contribution is -2.13. The highest BCUT2D eigenvalue weighted by Crippen LogP contribution is 2.23. The van der Waals surface area contributed by atoms with Gasteiger partial charge in [0.1, 0.15) is 0 Å². The number of nitro benzene ring substituents is 1. The Kier molecular flexibility index (Phi) is 3.98. The molecule has 2 aromatic carbocycles. The molecule has 0 N–H and O–H groups in total. The third-order valence-electron chi connectivity index (χ3n) is 3.52. The second-order valence-corrected chi connectivity index (χ2v) is 7.85. The second kappa shape index (κ2) is 5.84. The van der Waals surface area contributed by atoms with Crippen LogP contribution in [0.4, 0.5) is 5.69 Å². The summed E-state index contributed by atoms with van der Waals surface area (Å²) in [5.74, 6) is 0. The number of nitrogens with zero attached hydrogens (tertiary/aromatic N) is 3. The van der Waals surface area contributed by atoms with Gasteiger partial charge in [-0.1, -0.05) is 29.0 Å². The maximum atomic E-state index is 12.4. The van der Waals surface area contributed by atoms with Gasteiger partial charge in [-0.2, -0.15) is 8.42 Å². The molecule has 9 heteroatoms. The molecule has 7 nitrogen and oxygen atoms in total. The van der Waals surface area contributed by atoms with Crippen LogP contribution in [-0.2, 0) is 17.1 Å². The summed E-state index contributed by atoms with van der Waals surface area (Å²) in [6.45, 7) is 1.87. The van der Waals surface area contributed by atoms with Gasteiger partial charge in [-0.25, -0.2) is 0 Å². The first-order valence-electron chi connectivity index (χ1n) is 6.89. The van der Waals surface area contributed by atoms with E-state index in [2.05, 4.69) is 4.40 Å². The van der Waals surface area contributed by atoms with E-state index in [0.717, 1.165) is 16.9 Å². The molecule has 0 saturated carbocycles. The fourth-order valence-electron chi connectivity index (χ4n) is 2.19. The predicted molar refractivity (Wildman–Crippen MR) is 91.4 cm³/mol. The zero-order chi connectivity index (χ0) is 17.5. The van der Waals surface area contributed by atoms with E-state index in [0.29, 0.717) is 10.2 Å². The van der Waals surface area contributed by atoms with Gasteiger partial charge in [-0.05, 0) is 25.1 Å². The molecular formula is C15H13N3O4S2. The Morgan fingerprint density at radius 3 is 2.46 bits per heavy atom. The van der Waals surface area contributed by atoms with Crippen molar-refractivity contribution in [2.75, 3.05) is 0 Å². The largest absolute Gasteiger partial charge is 0.319 e. The van der Waals surface area contributed by atoms with Crippen LogP contribution < -0.4 is 4.80 Å². The highest BCUT2D eigenvalue weighted by molar-refractivity contribution is 7.90. The molecule has 124 valence electrons. The number of non-ortho nitro benzene ring substituents is 1. The Bertz CT molecular complexity index is 1110. The maximum absolute atomic E-state index is 12.4. The van der Waals surface area contributed by atoms with E-state index < -0.39 is 14.9 Å². The molecule has 3 rings (SSSR count). The number of aromatic nitrogens is 1. The molecule has 0 aliphatic heterocycles. The molecule has 0 aliphatic rings. The topological polar surface area (TPSA) is 94.6 Å². The Labute approximate surface area is 141 Å². The van der Waals surface area contributed by atoms with Crippen molar-refractivity contribution in [1.82, 2.24) is 4.57 Å². The average Bonchev–Trinajstić information content (AvgIpc) is 2.82. The molecule has 0 aliphatic carbocycles. The molecule has 0 unspecified atom stereocenters. The summed E-state index contributed by atoms with van der Waals surface area (Å²) in [5.41, 5.74) is 1.59. The van der Waals surface area contributed by atoms with Gasteiger partial charge < -0.3 is 4.57 Å². The second-order valence-electron chi connectivity index (χ2n) is 5.23. The number of sulfonamides is 1. The fraction of sp³-hybridized carbons (Fsp3) is 0.133. The summed E-state index contributed by atoms with van der Waals surface area (Å²) in [6.07, 6.45) is 0. The molecule has 24 heavy (non-hydrogen) atoms. The highest BCUT2D eigenvalue weighted by atomic mass is 32.2. The maximum Gasteiger partial charge on any atom is 0.285 e. The van der Waals surface area contributed by atoms with Crippen LogP contribution >= 0.6 is 11.3 Å². The number of benzene rings is 2. The molecule has 0 spiro atoms. The Hall–Kier alpha value is -2.52. The zero-order valence-electron chi connectivity index (χ0n) is 12.8. The van der Waals surface area contributed by atoms with Gasteiger partial charge in [0.25, 0.3) is 15.7 Å². The average molecular weight is 363 g/mol. The van der Waals surface area contributed by atoms with Gasteiger partial charge >= 0.3 is 0 Å². The Balaban J connectivity index is 2.17. The highest BCUT2D eigenvalue weighted by Gasteiger charge is 2.15. The van der Waals surface area contributed by atoms with E-state index in [4.69, 9.17) is 0 Å². The van der Waals surface area contributed by atoms with E-state index in [-0.39, 0.29) is 15.4 Å². The summed E-state index contributed by atoms with van der Waals surface area (Å²) < 4.78 is 31.0.